The maximum absolute atomic E-state index is 14.0. The topological polar surface area (TPSA) is 107 Å². The lowest BCUT2D eigenvalue weighted by Crippen LogP contribution is -3.26. The third-order valence-corrected chi connectivity index (χ3v) is 6.97. The lowest BCUT2D eigenvalue weighted by Gasteiger charge is -2.28. The number of ether oxygens (including phenoxy) is 1. The summed E-state index contributed by atoms with van der Waals surface area (Å²) in [6, 6.07) is 11.5. The van der Waals surface area contributed by atoms with E-state index in [4.69, 9.17) is 4.74 Å². The van der Waals surface area contributed by atoms with E-state index in [-0.39, 0.29) is 35.4 Å². The van der Waals surface area contributed by atoms with Crippen molar-refractivity contribution in [1.29, 1.82) is 0 Å². The summed E-state index contributed by atoms with van der Waals surface area (Å²) in [6.45, 7) is 5.11. The van der Waals surface area contributed by atoms with Crippen molar-refractivity contribution in [2.75, 3.05) is 43.9 Å². The number of quaternary nitrogens is 2. The molecule has 3 heterocycles. The second kappa shape index (κ2) is 11.6. The van der Waals surface area contributed by atoms with E-state index in [1.165, 1.54) is 47.1 Å². The fraction of sp³-hybridized carbons (Fsp3) is 0.286. The fourth-order valence-electron chi connectivity index (χ4n) is 4.86. The molecule has 10 nitrogen and oxygen atoms in total. The summed E-state index contributed by atoms with van der Waals surface area (Å²) in [7, 11) is 2.09. The molecule has 13 heteroatoms. The number of hydrogen-bond acceptors (Lipinski definition) is 5. The Balaban J connectivity index is 1.31. The molecule has 1 aliphatic heterocycles. The largest absolute Gasteiger partial charge is 0.439 e. The van der Waals surface area contributed by atoms with Crippen LogP contribution in [0.4, 0.5) is 29.5 Å². The SMILES string of the molecule is CC(=O)Nc1cc(Oc2ccc3c(ccn3C(=O)Nc3ccc(C[NH+]4CC[NH+](C)CC4)c(C(F)(F)F)c3)c2)ncn1. The van der Waals surface area contributed by atoms with Crippen LogP contribution in [-0.4, -0.2) is 59.7 Å². The molecular weight excluding hydrogens is 539 g/mol. The predicted octanol–water partition coefficient (Wildman–Crippen LogP) is 2.19. The molecule has 0 atom stereocenters. The predicted molar refractivity (Wildman–Crippen MR) is 145 cm³/mol. The van der Waals surface area contributed by atoms with Crippen molar-refractivity contribution >= 4 is 34.3 Å². The van der Waals surface area contributed by atoms with Crippen molar-refractivity contribution in [3.8, 4) is 11.6 Å². The molecule has 0 aliphatic carbocycles. The summed E-state index contributed by atoms with van der Waals surface area (Å²) in [5.41, 5.74) is 0.0749. The number of benzene rings is 2. The van der Waals surface area contributed by atoms with E-state index < -0.39 is 17.8 Å². The monoisotopic (exact) mass is 569 g/mol. The number of piperazine rings is 1. The Morgan fingerprint density at radius 2 is 1.78 bits per heavy atom. The molecule has 41 heavy (non-hydrogen) atoms. The number of alkyl halides is 3. The first-order chi connectivity index (χ1) is 19.5. The van der Waals surface area contributed by atoms with Crippen LogP contribution in [0.25, 0.3) is 10.9 Å². The van der Waals surface area contributed by atoms with Gasteiger partial charge in [-0.1, -0.05) is 6.07 Å². The van der Waals surface area contributed by atoms with Crippen LogP contribution in [0.3, 0.4) is 0 Å². The van der Waals surface area contributed by atoms with Gasteiger partial charge in [-0.25, -0.2) is 14.8 Å². The molecule has 0 saturated carbocycles. The van der Waals surface area contributed by atoms with Crippen LogP contribution >= 0.6 is 0 Å². The molecular formula is C28H30F3N7O3+2. The van der Waals surface area contributed by atoms with Gasteiger partial charge in [0.15, 0.2) is 0 Å². The van der Waals surface area contributed by atoms with Gasteiger partial charge in [-0.2, -0.15) is 13.2 Å². The van der Waals surface area contributed by atoms with Gasteiger partial charge in [-0.15, -0.1) is 0 Å². The second-order valence-corrected chi connectivity index (χ2v) is 10.1. The fourth-order valence-corrected chi connectivity index (χ4v) is 4.86. The first kappa shape index (κ1) is 28.1. The smallest absolute Gasteiger partial charge is 0.416 e. The molecule has 0 unspecified atom stereocenters. The van der Waals surface area contributed by atoms with E-state index in [1.54, 1.807) is 24.3 Å². The summed E-state index contributed by atoms with van der Waals surface area (Å²) < 4.78 is 49.0. The van der Waals surface area contributed by atoms with Crippen molar-refractivity contribution in [3.63, 3.8) is 0 Å². The van der Waals surface area contributed by atoms with Crippen LogP contribution in [-0.2, 0) is 17.5 Å². The minimum absolute atomic E-state index is 0.0597. The second-order valence-electron chi connectivity index (χ2n) is 10.1. The van der Waals surface area contributed by atoms with Crippen molar-refractivity contribution in [2.45, 2.75) is 19.6 Å². The van der Waals surface area contributed by atoms with Gasteiger partial charge in [0.2, 0.25) is 11.8 Å². The number of anilines is 2. The van der Waals surface area contributed by atoms with E-state index in [0.29, 0.717) is 16.7 Å². The van der Waals surface area contributed by atoms with Crippen molar-refractivity contribution in [2.24, 2.45) is 0 Å². The van der Waals surface area contributed by atoms with Crippen molar-refractivity contribution < 1.29 is 37.3 Å². The lowest BCUT2D eigenvalue weighted by molar-refractivity contribution is -1.01. The van der Waals surface area contributed by atoms with Gasteiger partial charge in [-0.05, 0) is 36.4 Å². The average molecular weight is 570 g/mol. The molecule has 0 spiro atoms. The number of likely N-dealkylation sites (N-methyl/N-ethyl adjacent to an activating group) is 1. The number of hydrogen-bond donors (Lipinski definition) is 4. The van der Waals surface area contributed by atoms with E-state index in [2.05, 4.69) is 27.6 Å². The maximum Gasteiger partial charge on any atom is 0.416 e. The average Bonchev–Trinajstić information content (AvgIpc) is 3.33. The van der Waals surface area contributed by atoms with Gasteiger partial charge in [0.25, 0.3) is 0 Å². The van der Waals surface area contributed by atoms with E-state index in [1.807, 2.05) is 0 Å². The third kappa shape index (κ3) is 6.81. The lowest BCUT2D eigenvalue weighted by atomic mass is 10.0. The van der Waals surface area contributed by atoms with Crippen LogP contribution in [0.2, 0.25) is 0 Å². The quantitative estimate of drug-likeness (QED) is 0.285. The molecule has 1 saturated heterocycles. The molecule has 2 aromatic carbocycles. The Kier molecular flexibility index (Phi) is 7.90. The van der Waals surface area contributed by atoms with Crippen molar-refractivity contribution in [1.82, 2.24) is 14.5 Å². The first-order valence-corrected chi connectivity index (χ1v) is 13.1. The van der Waals surface area contributed by atoms with Gasteiger partial charge in [-0.3, -0.25) is 9.36 Å². The highest BCUT2D eigenvalue weighted by molar-refractivity contribution is 5.98. The zero-order valence-corrected chi connectivity index (χ0v) is 22.5. The Hall–Kier alpha value is -4.49. The van der Waals surface area contributed by atoms with Crippen LogP contribution in [0.5, 0.6) is 11.6 Å². The Bertz CT molecular complexity index is 1580. The summed E-state index contributed by atoms with van der Waals surface area (Å²) in [4.78, 5) is 34.8. The minimum Gasteiger partial charge on any atom is -0.439 e. The third-order valence-electron chi connectivity index (χ3n) is 6.97. The standard InChI is InChI=1S/C28H28F3N7O3/c1-18(39)34-25-15-26(33-17-32-25)41-22-5-6-24-19(13-22)7-8-38(24)27(40)35-21-4-3-20(23(14-21)28(29,30)31)16-37-11-9-36(2)10-12-37/h3-8,13-15,17H,9-12,16H2,1-2H3,(H,35,40)(H,32,33,34,39)/p+2. The zero-order valence-electron chi connectivity index (χ0n) is 22.5. The number of carbonyl (C=O) groups is 2. The summed E-state index contributed by atoms with van der Waals surface area (Å²) in [6.07, 6.45) is -1.76. The molecule has 2 aromatic heterocycles. The highest BCUT2D eigenvalue weighted by Crippen LogP contribution is 2.34. The highest BCUT2D eigenvalue weighted by Gasteiger charge is 2.35. The molecule has 2 amide bonds. The van der Waals surface area contributed by atoms with Crippen LogP contribution < -0.4 is 25.2 Å². The number of rotatable bonds is 6. The number of nitrogens with zero attached hydrogens (tertiary/aromatic N) is 3. The van der Waals surface area contributed by atoms with Gasteiger partial charge in [0.05, 0.1) is 18.1 Å². The Morgan fingerprint density at radius 1 is 1.00 bits per heavy atom. The first-order valence-electron chi connectivity index (χ1n) is 13.1. The summed E-state index contributed by atoms with van der Waals surface area (Å²) in [5.74, 6) is 0.639. The number of fused-ring (bicyclic) bond motifs is 1. The summed E-state index contributed by atoms with van der Waals surface area (Å²) in [5, 5.41) is 5.81. The van der Waals surface area contributed by atoms with Crippen LogP contribution in [0.1, 0.15) is 18.1 Å². The highest BCUT2D eigenvalue weighted by atomic mass is 19.4. The van der Waals surface area contributed by atoms with Crippen LogP contribution in [0.15, 0.2) is 61.1 Å². The van der Waals surface area contributed by atoms with E-state index >= 15 is 0 Å². The Morgan fingerprint density at radius 3 is 2.51 bits per heavy atom. The molecule has 4 N–H and O–H groups in total. The molecule has 0 radical (unpaired) electrons. The number of amides is 2. The number of nitrogens with one attached hydrogen (secondary N) is 4. The zero-order chi connectivity index (χ0) is 29.1. The maximum atomic E-state index is 14.0. The van der Waals surface area contributed by atoms with E-state index in [9.17, 15) is 22.8 Å². The molecule has 1 fully saturated rings. The van der Waals surface area contributed by atoms with E-state index in [0.717, 1.165) is 37.1 Å². The Labute approximate surface area is 233 Å². The van der Waals surface area contributed by atoms with Gasteiger partial charge < -0.3 is 25.2 Å². The number of carbonyl (C=O) groups excluding carboxylic acids is 2. The summed E-state index contributed by atoms with van der Waals surface area (Å²) >= 11 is 0. The minimum atomic E-state index is -4.55. The number of halogens is 3. The molecule has 0 bridgehead atoms. The van der Waals surface area contributed by atoms with Gasteiger partial charge >= 0.3 is 12.2 Å². The molecule has 4 aromatic rings. The van der Waals surface area contributed by atoms with Gasteiger partial charge in [0.1, 0.15) is 50.6 Å². The molecule has 214 valence electrons. The molecule has 1 aliphatic rings. The van der Waals surface area contributed by atoms with Crippen molar-refractivity contribution in [3.05, 3.63) is 72.2 Å². The van der Waals surface area contributed by atoms with Crippen LogP contribution in [0, 0.1) is 0 Å². The number of aromatic nitrogens is 3. The molecule has 5 rings (SSSR count). The van der Waals surface area contributed by atoms with Gasteiger partial charge in [0, 0.05) is 35.8 Å². The normalized spacial score (nSPS) is 17.3.